The van der Waals surface area contributed by atoms with E-state index in [-0.39, 0.29) is 11.8 Å². The first kappa shape index (κ1) is 21.5. The van der Waals surface area contributed by atoms with Gasteiger partial charge in [-0.2, -0.15) is 0 Å². The lowest BCUT2D eigenvalue weighted by Crippen LogP contribution is -2.32. The van der Waals surface area contributed by atoms with E-state index in [2.05, 4.69) is 23.5 Å². The monoisotopic (exact) mass is 448 g/mol. The number of anilines is 2. The number of benzene rings is 4. The fourth-order valence-corrected chi connectivity index (χ4v) is 4.38. The Balaban J connectivity index is 1.38. The third-order valence-corrected chi connectivity index (χ3v) is 6.09. The summed E-state index contributed by atoms with van der Waals surface area (Å²) in [6, 6.07) is 30.4. The minimum atomic E-state index is -0.268. The molecule has 4 aromatic carbocycles. The van der Waals surface area contributed by atoms with Gasteiger partial charge in [-0.1, -0.05) is 54.6 Å². The highest BCUT2D eigenvalue weighted by Gasteiger charge is 2.24. The molecule has 0 radical (unpaired) electrons. The average Bonchev–Trinajstić information content (AvgIpc) is 3.06. The van der Waals surface area contributed by atoms with E-state index in [1.165, 1.54) is 18.2 Å². The van der Waals surface area contributed by atoms with Crippen molar-refractivity contribution in [1.29, 1.82) is 0 Å². The van der Waals surface area contributed by atoms with Crippen LogP contribution >= 0.6 is 0 Å². The highest BCUT2D eigenvalue weighted by molar-refractivity contribution is 6.09. The predicted octanol–water partition coefficient (Wildman–Crippen LogP) is 5.82. The van der Waals surface area contributed by atoms with E-state index < -0.39 is 0 Å². The molecule has 168 valence electrons. The molecule has 1 N–H and O–H groups in total. The lowest BCUT2D eigenvalue weighted by atomic mass is 9.98. The summed E-state index contributed by atoms with van der Waals surface area (Å²) in [5.41, 5.74) is 6.00. The van der Waals surface area contributed by atoms with Gasteiger partial charge in [0.2, 0.25) is 0 Å². The van der Waals surface area contributed by atoms with Crippen molar-refractivity contribution < 1.29 is 14.3 Å². The number of carbonyl (C=O) groups excluding carboxylic acids is 2. The number of ether oxygens (including phenoxy) is 1. The number of hydrogen-bond donors (Lipinski definition) is 1. The standard InChI is InChI=1S/C29H24N2O3/c1-34-27-13-7-5-11-25(27)28(32)30-22-16-14-21(15-17-22)29(33)31-19-18-20-8-2-3-9-23(20)24-10-4-6-12-26(24)31/h2-17H,18-19H2,1H3,(H,30,32). The molecule has 5 heteroatoms. The minimum Gasteiger partial charge on any atom is -0.496 e. The maximum Gasteiger partial charge on any atom is 0.259 e. The predicted molar refractivity (Wildman–Crippen MR) is 135 cm³/mol. The van der Waals surface area contributed by atoms with Crippen molar-refractivity contribution in [2.75, 3.05) is 23.9 Å². The Labute approximate surface area is 198 Å². The molecule has 2 amide bonds. The maximum atomic E-state index is 13.5. The number of methoxy groups -OCH3 is 1. The lowest BCUT2D eigenvalue weighted by molar-refractivity contribution is 0.0986. The Morgan fingerprint density at radius 3 is 2.26 bits per heavy atom. The molecular formula is C29H24N2O3. The van der Waals surface area contributed by atoms with Gasteiger partial charge in [0.15, 0.2) is 0 Å². The van der Waals surface area contributed by atoms with Crippen LogP contribution in [0.5, 0.6) is 5.75 Å². The third-order valence-electron chi connectivity index (χ3n) is 6.09. The molecule has 0 bridgehead atoms. The van der Waals surface area contributed by atoms with Gasteiger partial charge in [0.05, 0.1) is 18.4 Å². The molecule has 0 aromatic heterocycles. The van der Waals surface area contributed by atoms with Crippen LogP contribution in [0.1, 0.15) is 26.3 Å². The molecule has 0 aliphatic carbocycles. The van der Waals surface area contributed by atoms with Crippen LogP contribution in [0.4, 0.5) is 11.4 Å². The first-order valence-corrected chi connectivity index (χ1v) is 11.2. The Morgan fingerprint density at radius 2 is 1.47 bits per heavy atom. The smallest absolute Gasteiger partial charge is 0.259 e. The second kappa shape index (κ2) is 9.24. The molecule has 0 fully saturated rings. The van der Waals surface area contributed by atoms with E-state index in [1.54, 1.807) is 42.5 Å². The van der Waals surface area contributed by atoms with Crippen LogP contribution in [0.15, 0.2) is 97.1 Å². The first-order valence-electron chi connectivity index (χ1n) is 11.2. The van der Waals surface area contributed by atoms with E-state index in [0.29, 0.717) is 29.1 Å². The summed E-state index contributed by atoms with van der Waals surface area (Å²) >= 11 is 0. The lowest BCUT2D eigenvalue weighted by Gasteiger charge is -2.23. The largest absolute Gasteiger partial charge is 0.496 e. The first-order chi connectivity index (χ1) is 16.7. The van der Waals surface area contributed by atoms with Gasteiger partial charge in [-0.25, -0.2) is 0 Å². The van der Waals surface area contributed by atoms with Gasteiger partial charge in [0.25, 0.3) is 11.8 Å². The molecule has 1 aliphatic heterocycles. The number of hydrogen-bond acceptors (Lipinski definition) is 3. The number of amides is 2. The summed E-state index contributed by atoms with van der Waals surface area (Å²) in [6.45, 7) is 0.596. The second-order valence-corrected chi connectivity index (χ2v) is 8.11. The van der Waals surface area contributed by atoms with Gasteiger partial charge in [-0.05, 0) is 60.0 Å². The molecule has 4 aromatic rings. The van der Waals surface area contributed by atoms with Gasteiger partial charge < -0.3 is 15.0 Å². The van der Waals surface area contributed by atoms with Crippen molar-refractivity contribution >= 4 is 23.2 Å². The fourth-order valence-electron chi connectivity index (χ4n) is 4.38. The Bertz CT molecular complexity index is 1360. The molecule has 0 saturated carbocycles. The zero-order valence-electron chi connectivity index (χ0n) is 18.8. The van der Waals surface area contributed by atoms with E-state index >= 15 is 0 Å². The Hall–Kier alpha value is -4.38. The zero-order chi connectivity index (χ0) is 23.5. The van der Waals surface area contributed by atoms with Crippen LogP contribution in [0.3, 0.4) is 0 Å². The fraction of sp³-hybridized carbons (Fsp3) is 0.103. The van der Waals surface area contributed by atoms with Crippen molar-refractivity contribution in [2.45, 2.75) is 6.42 Å². The van der Waals surface area contributed by atoms with Crippen LogP contribution in [-0.4, -0.2) is 25.5 Å². The van der Waals surface area contributed by atoms with E-state index in [1.807, 2.05) is 41.3 Å². The summed E-state index contributed by atoms with van der Waals surface area (Å²) in [5, 5.41) is 2.87. The summed E-state index contributed by atoms with van der Waals surface area (Å²) in [6.07, 6.45) is 0.781. The third kappa shape index (κ3) is 4.04. The molecule has 0 spiro atoms. The van der Waals surface area contributed by atoms with Gasteiger partial charge in [0, 0.05) is 23.4 Å². The minimum absolute atomic E-state index is 0.0668. The molecule has 1 aliphatic rings. The molecule has 1 heterocycles. The molecule has 34 heavy (non-hydrogen) atoms. The second-order valence-electron chi connectivity index (χ2n) is 8.11. The molecule has 0 saturated heterocycles. The zero-order valence-corrected chi connectivity index (χ0v) is 18.8. The highest BCUT2D eigenvalue weighted by Crippen LogP contribution is 2.36. The molecular weight excluding hydrogens is 424 g/mol. The van der Waals surface area contributed by atoms with Crippen LogP contribution in [-0.2, 0) is 6.42 Å². The molecule has 5 rings (SSSR count). The SMILES string of the molecule is COc1ccccc1C(=O)Nc1ccc(C(=O)N2CCc3ccccc3-c3ccccc32)cc1. The van der Waals surface area contributed by atoms with E-state index in [9.17, 15) is 9.59 Å². The number of carbonyl (C=O) groups is 2. The Kier molecular flexibility index (Phi) is 5.83. The van der Waals surface area contributed by atoms with Crippen LogP contribution < -0.4 is 15.0 Å². The number of fused-ring (bicyclic) bond motifs is 3. The summed E-state index contributed by atoms with van der Waals surface area (Å²) < 4.78 is 5.27. The van der Waals surface area contributed by atoms with Crippen molar-refractivity contribution in [1.82, 2.24) is 0 Å². The number of nitrogens with zero attached hydrogens (tertiary/aromatic N) is 1. The number of para-hydroxylation sites is 2. The van der Waals surface area contributed by atoms with Crippen molar-refractivity contribution in [2.24, 2.45) is 0 Å². The van der Waals surface area contributed by atoms with Gasteiger partial charge in [-0.15, -0.1) is 0 Å². The van der Waals surface area contributed by atoms with Crippen LogP contribution in [0.25, 0.3) is 11.1 Å². The Morgan fingerprint density at radius 1 is 0.794 bits per heavy atom. The van der Waals surface area contributed by atoms with Crippen molar-refractivity contribution in [3.8, 4) is 16.9 Å². The molecule has 0 unspecified atom stereocenters. The summed E-state index contributed by atoms with van der Waals surface area (Å²) in [7, 11) is 1.53. The number of rotatable bonds is 4. The van der Waals surface area contributed by atoms with Gasteiger partial charge >= 0.3 is 0 Å². The van der Waals surface area contributed by atoms with Crippen molar-refractivity contribution in [3.63, 3.8) is 0 Å². The maximum absolute atomic E-state index is 13.5. The highest BCUT2D eigenvalue weighted by atomic mass is 16.5. The van der Waals surface area contributed by atoms with E-state index in [0.717, 1.165) is 17.7 Å². The van der Waals surface area contributed by atoms with Crippen molar-refractivity contribution in [3.05, 3.63) is 114 Å². The van der Waals surface area contributed by atoms with Crippen LogP contribution in [0, 0.1) is 0 Å². The summed E-state index contributed by atoms with van der Waals surface area (Å²) in [5.74, 6) is 0.172. The van der Waals surface area contributed by atoms with Crippen LogP contribution in [0.2, 0.25) is 0 Å². The molecule has 5 nitrogen and oxygen atoms in total. The summed E-state index contributed by atoms with van der Waals surface area (Å²) in [4.78, 5) is 28.0. The van der Waals surface area contributed by atoms with E-state index in [4.69, 9.17) is 4.74 Å². The normalized spacial score (nSPS) is 12.2. The quantitative estimate of drug-likeness (QED) is 0.428. The topological polar surface area (TPSA) is 58.6 Å². The average molecular weight is 449 g/mol. The number of nitrogens with one attached hydrogen (secondary N) is 1. The van der Waals surface area contributed by atoms with Gasteiger partial charge in [-0.3, -0.25) is 9.59 Å². The molecule has 0 atom stereocenters. The van der Waals surface area contributed by atoms with Gasteiger partial charge in [0.1, 0.15) is 5.75 Å².